The van der Waals surface area contributed by atoms with Gasteiger partial charge in [-0.25, -0.2) is 13.1 Å². The largest absolute Gasteiger partial charge is 0.487 e. The van der Waals surface area contributed by atoms with Crippen LogP contribution >= 0.6 is 0 Å². The van der Waals surface area contributed by atoms with Gasteiger partial charge < -0.3 is 47.3 Å². The molecule has 77 heavy (non-hydrogen) atoms. The van der Waals surface area contributed by atoms with Gasteiger partial charge in [0.1, 0.15) is 41.1 Å². The van der Waals surface area contributed by atoms with Gasteiger partial charge in [0.05, 0.1) is 10.9 Å². The minimum absolute atomic E-state index is 0.0141. The van der Waals surface area contributed by atoms with E-state index >= 15 is 0 Å². The maximum atomic E-state index is 14.7. The van der Waals surface area contributed by atoms with Crippen molar-refractivity contribution in [2.24, 2.45) is 22.4 Å². The number of allylic oxidation sites excluding steroid dienone is 2. The van der Waals surface area contributed by atoms with Crippen molar-refractivity contribution < 1.29 is 41.9 Å². The number of rotatable bonds is 10. The fourth-order valence-corrected chi connectivity index (χ4v) is 13.1. The third-order valence-electron chi connectivity index (χ3n) is 15.9. The van der Waals surface area contributed by atoms with E-state index in [4.69, 9.17) is 16.2 Å². The molecule has 1 aliphatic carbocycles. The van der Waals surface area contributed by atoms with Crippen molar-refractivity contribution in [1.82, 2.24) is 35.8 Å². The molecule has 7 rings (SSSR count). The summed E-state index contributed by atoms with van der Waals surface area (Å²) in [4.78, 5) is 93.5. The molecule has 0 radical (unpaired) electrons. The van der Waals surface area contributed by atoms with Crippen LogP contribution in [-0.2, 0) is 58.1 Å². The summed E-state index contributed by atoms with van der Waals surface area (Å²) >= 11 is 0. The summed E-state index contributed by atoms with van der Waals surface area (Å²) in [5.41, 5.74) is 15.5. The van der Waals surface area contributed by atoms with Crippen LogP contribution in [0.1, 0.15) is 151 Å². The Labute approximate surface area is 455 Å². The summed E-state index contributed by atoms with van der Waals surface area (Å²) in [5, 5.41) is 11.9. The number of nitrogens with zero attached hydrogens (tertiary/aromatic N) is 3. The quantitative estimate of drug-likeness (QED) is 0.0771. The molecular formula is C57H84N10O9S. The first kappa shape index (κ1) is 58.7. The van der Waals surface area contributed by atoms with Gasteiger partial charge in [0.2, 0.25) is 41.4 Å². The fourth-order valence-electron chi connectivity index (χ4n) is 11.6. The van der Waals surface area contributed by atoms with Crippen LogP contribution in [0.4, 0.5) is 0 Å². The first-order valence-electron chi connectivity index (χ1n) is 28.0. The van der Waals surface area contributed by atoms with E-state index in [9.17, 15) is 37.2 Å². The van der Waals surface area contributed by atoms with Gasteiger partial charge in [-0.15, -0.1) is 0 Å². The van der Waals surface area contributed by atoms with Gasteiger partial charge in [-0.3, -0.25) is 33.8 Å². The second-order valence-electron chi connectivity index (χ2n) is 23.0. The lowest BCUT2D eigenvalue weighted by Gasteiger charge is -2.43. The molecule has 5 atom stereocenters. The smallest absolute Gasteiger partial charge is 0.264 e. The Morgan fingerprint density at radius 1 is 0.818 bits per heavy atom. The molecule has 2 saturated heterocycles. The Morgan fingerprint density at radius 2 is 1.47 bits per heavy atom. The minimum atomic E-state index is -4.19. The lowest BCUT2D eigenvalue weighted by molar-refractivity contribution is -0.146. The number of nitrogens with one attached hydrogen (secondary N) is 5. The molecule has 1 spiro atoms. The van der Waals surface area contributed by atoms with Gasteiger partial charge in [-0.05, 0) is 165 Å². The minimum Gasteiger partial charge on any atom is -0.487 e. The second-order valence-corrected chi connectivity index (χ2v) is 24.6. The van der Waals surface area contributed by atoms with Gasteiger partial charge in [-0.1, -0.05) is 50.3 Å². The normalized spacial score (nSPS) is 25.5. The molecule has 9 N–H and O–H groups in total. The topological polar surface area (TPSA) is 277 Å². The standard InChI is InChI=1S/C57H84N10O9S/c1-35(2)31-39-19-14-20-40(32-39)33-44-53(72)67-30-17-24-46(67)51(70)64-57(25-18-26-57)54(73)63-43(52(71)66-29-16-23-45(66)50(69)60-27-13-11-9-8-10-12-21-42(58)49(68)62-44)22-15-28-61-55(59)65-77(74,75)48-37(4)36(3)47-41(38(48)5)34-56(6,7)76-47/h8-9,14,19-20,32,35,42-46H,10-13,15-18,21-31,33-34,58H2,1-7H3,(H,60,69)(H,62,68)(H,63,73)(H,64,70)(H3,59,61,65)/b9-8+/t42-,43-,44-,45-,46-/m0/s1. The van der Waals surface area contributed by atoms with Crippen LogP contribution in [0, 0.1) is 26.7 Å². The van der Waals surface area contributed by atoms with Crippen molar-refractivity contribution in [3.8, 4) is 5.75 Å². The van der Waals surface area contributed by atoms with Crippen LogP contribution in [-0.4, -0.2) is 127 Å². The lowest BCUT2D eigenvalue weighted by Crippen LogP contribution is -2.67. The number of hydrogen-bond acceptors (Lipinski definition) is 11. The maximum Gasteiger partial charge on any atom is 0.264 e. The summed E-state index contributed by atoms with van der Waals surface area (Å²) < 4.78 is 36.5. The van der Waals surface area contributed by atoms with Crippen LogP contribution < -0.4 is 42.2 Å². The number of fused-ring (bicyclic) bond motifs is 3. The third-order valence-corrected chi connectivity index (χ3v) is 17.6. The Morgan fingerprint density at radius 3 is 2.13 bits per heavy atom. The number of nitrogens with two attached hydrogens (primary N) is 2. The molecule has 422 valence electrons. The number of carbonyl (C=O) groups is 6. The van der Waals surface area contributed by atoms with Gasteiger partial charge in [-0.2, -0.15) is 0 Å². The molecule has 2 aromatic rings. The van der Waals surface area contributed by atoms with E-state index in [0.717, 1.165) is 28.7 Å². The summed E-state index contributed by atoms with van der Waals surface area (Å²) in [6.07, 6.45) is 12.0. The zero-order valence-corrected chi connectivity index (χ0v) is 47.2. The van der Waals surface area contributed by atoms with E-state index < -0.39 is 80.9 Å². The molecule has 0 unspecified atom stereocenters. The molecule has 6 amide bonds. The lowest BCUT2D eigenvalue weighted by atomic mass is 9.75. The van der Waals surface area contributed by atoms with Crippen molar-refractivity contribution >= 4 is 51.4 Å². The van der Waals surface area contributed by atoms with E-state index in [-0.39, 0.29) is 62.0 Å². The van der Waals surface area contributed by atoms with Gasteiger partial charge in [0.15, 0.2) is 0 Å². The van der Waals surface area contributed by atoms with E-state index in [0.29, 0.717) is 107 Å². The summed E-state index contributed by atoms with van der Waals surface area (Å²) in [5.74, 6) is -1.93. The maximum absolute atomic E-state index is 14.7. The van der Waals surface area contributed by atoms with Crippen LogP contribution in [0.5, 0.6) is 5.75 Å². The van der Waals surface area contributed by atoms with E-state index in [1.807, 2.05) is 57.2 Å². The van der Waals surface area contributed by atoms with Gasteiger partial charge in [0.25, 0.3) is 10.0 Å². The molecule has 4 heterocycles. The molecule has 5 aliphatic rings. The number of sulfonamides is 1. The average Bonchev–Trinajstić information content (AvgIpc) is 4.13. The number of ether oxygens (including phenoxy) is 1. The van der Waals surface area contributed by atoms with Gasteiger partial charge in [0, 0.05) is 44.6 Å². The Balaban J connectivity index is 1.11. The molecule has 2 aromatic carbocycles. The first-order valence-corrected chi connectivity index (χ1v) is 29.4. The zero-order chi connectivity index (χ0) is 55.8. The number of benzene rings is 2. The highest BCUT2D eigenvalue weighted by atomic mass is 32.2. The van der Waals surface area contributed by atoms with Crippen molar-refractivity contribution in [2.75, 3.05) is 26.2 Å². The summed E-state index contributed by atoms with van der Waals surface area (Å²) in [6.45, 7) is 14.4. The average molecular weight is 1090 g/mol. The Kier molecular flexibility index (Phi) is 19.2. The van der Waals surface area contributed by atoms with E-state index in [1.165, 1.54) is 9.80 Å². The highest BCUT2D eigenvalue weighted by Gasteiger charge is 2.50. The monoisotopic (exact) mass is 1080 g/mol. The zero-order valence-electron chi connectivity index (χ0n) is 46.4. The van der Waals surface area contributed by atoms with Crippen molar-refractivity contribution in [3.63, 3.8) is 0 Å². The third kappa shape index (κ3) is 14.2. The summed E-state index contributed by atoms with van der Waals surface area (Å²) in [6, 6.07) is 3.25. The molecule has 0 bridgehead atoms. The Hall–Kier alpha value is -6.02. The van der Waals surface area contributed by atoms with Gasteiger partial charge >= 0.3 is 0 Å². The molecule has 4 aliphatic heterocycles. The highest BCUT2D eigenvalue weighted by molar-refractivity contribution is 7.90. The number of amides is 6. The van der Waals surface area contributed by atoms with Crippen molar-refractivity contribution in [1.29, 1.82) is 0 Å². The van der Waals surface area contributed by atoms with E-state index in [1.54, 1.807) is 13.8 Å². The van der Waals surface area contributed by atoms with Crippen LogP contribution in [0.3, 0.4) is 0 Å². The summed E-state index contributed by atoms with van der Waals surface area (Å²) in [7, 11) is -4.19. The predicted octanol–water partition coefficient (Wildman–Crippen LogP) is 4.09. The first-order chi connectivity index (χ1) is 36.5. The predicted molar refractivity (Wildman–Crippen MR) is 295 cm³/mol. The molecular weight excluding hydrogens is 1000 g/mol. The number of hydrogen-bond donors (Lipinski definition) is 7. The molecule has 20 heteroatoms. The number of carbonyl (C=O) groups excluding carboxylic acids is 6. The van der Waals surface area contributed by atoms with Crippen molar-refractivity contribution in [3.05, 3.63) is 69.8 Å². The number of guanidine groups is 1. The van der Waals surface area contributed by atoms with Crippen LogP contribution in [0.15, 0.2) is 46.3 Å². The second kappa shape index (κ2) is 25.2. The fraction of sp³-hybridized carbons (Fsp3) is 0.632. The molecule has 1 saturated carbocycles. The molecule has 19 nitrogen and oxygen atoms in total. The van der Waals surface area contributed by atoms with E-state index in [2.05, 4.69) is 44.8 Å². The van der Waals surface area contributed by atoms with Crippen molar-refractivity contribution in [2.45, 2.75) is 204 Å². The van der Waals surface area contributed by atoms with Crippen LogP contribution in [0.25, 0.3) is 0 Å². The number of aliphatic imine (C=N–C) groups is 1. The molecule has 3 fully saturated rings. The van der Waals surface area contributed by atoms with Crippen LogP contribution in [0.2, 0.25) is 0 Å². The molecule has 0 aromatic heterocycles. The highest BCUT2D eigenvalue weighted by Crippen LogP contribution is 2.44. The Bertz CT molecular complexity index is 2720. The SMILES string of the molecule is Cc1c(C)c(S(=O)(=O)NC(N)=NCCC[C@@H]2NC(=O)C3(CCC3)NC(=O)[C@@H]3CCCN3C(=O)[C@H](Cc3cccc(CC(C)C)c3)NC(=O)[C@@H](N)CCC/C=C/CCCNC(=O)[C@@H]3CCCN3C2=O)c(C)c2c1OC(C)(C)C2.